The van der Waals surface area contributed by atoms with Gasteiger partial charge in [0.15, 0.2) is 0 Å². The number of aromatic amines is 2. The number of aryl methyl sites for hydroxylation is 1. The van der Waals surface area contributed by atoms with Gasteiger partial charge in [-0.25, -0.2) is 4.39 Å². The van der Waals surface area contributed by atoms with Gasteiger partial charge >= 0.3 is 0 Å². The number of nitrogens with zero attached hydrogens (tertiary/aromatic N) is 5. The van der Waals surface area contributed by atoms with Gasteiger partial charge in [-0.1, -0.05) is 0 Å². The third-order valence-corrected chi connectivity index (χ3v) is 7.60. The second-order valence-corrected chi connectivity index (χ2v) is 10.2. The normalized spacial score (nSPS) is 14.1. The van der Waals surface area contributed by atoms with Crippen molar-refractivity contribution in [3.8, 4) is 33.9 Å². The molecule has 39 heavy (non-hydrogen) atoms. The number of likely N-dealkylation sites (tertiary alicyclic amines) is 1. The summed E-state index contributed by atoms with van der Waals surface area (Å²) in [5.41, 5.74) is 7.83. The lowest BCUT2D eigenvalue weighted by molar-refractivity contribution is 0.334. The molecule has 194 valence electrons. The molecular weight excluding hydrogens is 489 g/mol. The zero-order valence-electron chi connectivity index (χ0n) is 21.5. The smallest absolute Gasteiger partial charge is 0.124 e. The van der Waals surface area contributed by atoms with Crippen molar-refractivity contribution in [1.82, 2.24) is 35.0 Å². The average molecular weight is 518 g/mol. The minimum absolute atomic E-state index is 0.229. The molecule has 7 rings (SSSR count). The molecule has 1 aliphatic heterocycles. The lowest BCUT2D eigenvalue weighted by Gasteiger charge is -2.14. The van der Waals surface area contributed by atoms with Gasteiger partial charge in [0, 0.05) is 46.0 Å². The van der Waals surface area contributed by atoms with Gasteiger partial charge in [-0.2, -0.15) is 5.10 Å². The highest BCUT2D eigenvalue weighted by molar-refractivity contribution is 6.00. The van der Waals surface area contributed by atoms with Gasteiger partial charge in [0.1, 0.15) is 11.5 Å². The van der Waals surface area contributed by atoms with E-state index in [4.69, 9.17) is 0 Å². The Morgan fingerprint density at radius 2 is 1.67 bits per heavy atom. The number of hydrogen-bond acceptors (Lipinski definition) is 5. The molecule has 1 fully saturated rings. The first-order valence-electron chi connectivity index (χ1n) is 13.5. The van der Waals surface area contributed by atoms with Crippen molar-refractivity contribution in [2.24, 2.45) is 0 Å². The fraction of sp³-hybridized carbons (Fsp3) is 0.226. The maximum absolute atomic E-state index is 14.8. The first-order chi connectivity index (χ1) is 19.2. The number of halogens is 1. The Bertz CT molecular complexity index is 1770. The molecule has 5 aromatic heterocycles. The van der Waals surface area contributed by atoms with Crippen LogP contribution in [0.15, 0.2) is 73.3 Å². The van der Waals surface area contributed by atoms with Crippen LogP contribution in [0.1, 0.15) is 24.8 Å². The number of benzene rings is 1. The Hall–Kier alpha value is -4.43. The Kier molecular flexibility index (Phi) is 6.09. The molecular formula is C31H28FN7. The van der Waals surface area contributed by atoms with E-state index in [1.807, 2.05) is 24.3 Å². The first kappa shape index (κ1) is 23.7. The zero-order valence-corrected chi connectivity index (χ0v) is 21.5. The molecule has 7 nitrogen and oxygen atoms in total. The Morgan fingerprint density at radius 3 is 2.54 bits per heavy atom. The van der Waals surface area contributed by atoms with Crippen molar-refractivity contribution in [3.05, 3.63) is 84.7 Å². The summed E-state index contributed by atoms with van der Waals surface area (Å²) >= 11 is 0. The van der Waals surface area contributed by atoms with E-state index in [9.17, 15) is 4.39 Å². The van der Waals surface area contributed by atoms with Gasteiger partial charge in [-0.15, -0.1) is 0 Å². The van der Waals surface area contributed by atoms with Crippen LogP contribution in [0.4, 0.5) is 4.39 Å². The quantitative estimate of drug-likeness (QED) is 0.256. The molecule has 2 N–H and O–H groups in total. The second-order valence-electron chi connectivity index (χ2n) is 10.2. The predicted octanol–water partition coefficient (Wildman–Crippen LogP) is 6.40. The minimum atomic E-state index is -0.229. The Labute approximate surface area is 225 Å². The lowest BCUT2D eigenvalue weighted by atomic mass is 10.0. The largest absolute Gasteiger partial charge is 0.353 e. The molecule has 6 heterocycles. The lowest BCUT2D eigenvalue weighted by Crippen LogP contribution is -2.20. The number of hydrogen-bond donors (Lipinski definition) is 2. The summed E-state index contributed by atoms with van der Waals surface area (Å²) in [4.78, 5) is 19.4. The molecule has 6 aromatic rings. The van der Waals surface area contributed by atoms with Gasteiger partial charge in [-0.3, -0.25) is 20.1 Å². The standard InChI is InChI=1S/C31H28FN7/c32-23-15-20(4-3-13-39-11-1-2-12-39)14-22(16-23)30-24-18-28(36-26(24)7-10-34-30)31-25-17-27(21-5-8-33-9-6-21)35-19-29(25)37-38-31/h5-10,14-19,36H,1-4,11-13H2,(H,37,38). The maximum Gasteiger partial charge on any atom is 0.124 e. The predicted molar refractivity (Wildman–Crippen MR) is 152 cm³/mol. The molecule has 1 saturated heterocycles. The number of H-pyrrole nitrogens is 2. The van der Waals surface area contributed by atoms with Gasteiger partial charge in [-0.05, 0) is 99.4 Å². The third-order valence-electron chi connectivity index (χ3n) is 7.60. The van der Waals surface area contributed by atoms with E-state index in [0.29, 0.717) is 0 Å². The van der Waals surface area contributed by atoms with Crippen LogP contribution in [0.3, 0.4) is 0 Å². The fourth-order valence-electron chi connectivity index (χ4n) is 5.66. The number of fused-ring (bicyclic) bond motifs is 2. The van der Waals surface area contributed by atoms with E-state index >= 15 is 0 Å². The molecule has 0 bridgehead atoms. The van der Waals surface area contributed by atoms with Crippen molar-refractivity contribution in [2.75, 3.05) is 19.6 Å². The summed E-state index contributed by atoms with van der Waals surface area (Å²) in [6.45, 7) is 3.43. The van der Waals surface area contributed by atoms with Crippen molar-refractivity contribution >= 4 is 21.8 Å². The Balaban J connectivity index is 1.23. The van der Waals surface area contributed by atoms with Crippen LogP contribution in [-0.4, -0.2) is 54.7 Å². The number of nitrogens with one attached hydrogen (secondary N) is 2. The van der Waals surface area contributed by atoms with Gasteiger partial charge in [0.2, 0.25) is 0 Å². The molecule has 1 aromatic carbocycles. The molecule has 0 atom stereocenters. The summed E-state index contributed by atoms with van der Waals surface area (Å²) in [5, 5.41) is 9.59. The maximum atomic E-state index is 14.8. The van der Waals surface area contributed by atoms with Crippen LogP contribution in [-0.2, 0) is 6.42 Å². The number of pyridine rings is 3. The van der Waals surface area contributed by atoms with Crippen molar-refractivity contribution in [1.29, 1.82) is 0 Å². The van der Waals surface area contributed by atoms with Gasteiger partial charge < -0.3 is 9.88 Å². The van der Waals surface area contributed by atoms with Crippen LogP contribution in [0.5, 0.6) is 0 Å². The second kappa shape index (κ2) is 10.0. The van der Waals surface area contributed by atoms with Crippen LogP contribution >= 0.6 is 0 Å². The molecule has 8 heteroatoms. The zero-order chi connectivity index (χ0) is 26.2. The van der Waals surface area contributed by atoms with Gasteiger partial charge in [0.25, 0.3) is 0 Å². The van der Waals surface area contributed by atoms with Crippen LogP contribution < -0.4 is 0 Å². The van der Waals surface area contributed by atoms with Crippen LogP contribution in [0.25, 0.3) is 55.7 Å². The molecule has 0 radical (unpaired) electrons. The molecule has 0 amide bonds. The third kappa shape index (κ3) is 4.68. The molecule has 1 aliphatic rings. The van der Waals surface area contributed by atoms with Crippen molar-refractivity contribution in [2.45, 2.75) is 25.7 Å². The van der Waals surface area contributed by atoms with Crippen molar-refractivity contribution < 1.29 is 4.39 Å². The number of rotatable bonds is 7. The van der Waals surface area contributed by atoms with Gasteiger partial charge in [0.05, 0.1) is 28.8 Å². The highest BCUT2D eigenvalue weighted by Crippen LogP contribution is 2.34. The fourth-order valence-corrected chi connectivity index (χ4v) is 5.66. The highest BCUT2D eigenvalue weighted by atomic mass is 19.1. The van der Waals surface area contributed by atoms with Crippen LogP contribution in [0, 0.1) is 5.82 Å². The van der Waals surface area contributed by atoms with Crippen LogP contribution in [0.2, 0.25) is 0 Å². The summed E-state index contributed by atoms with van der Waals surface area (Å²) in [7, 11) is 0. The summed E-state index contributed by atoms with van der Waals surface area (Å²) in [6, 6.07) is 15.2. The average Bonchev–Trinajstić information content (AvgIpc) is 3.72. The summed E-state index contributed by atoms with van der Waals surface area (Å²) < 4.78 is 14.8. The molecule has 0 aliphatic carbocycles. The summed E-state index contributed by atoms with van der Waals surface area (Å²) in [5.74, 6) is -0.229. The number of aromatic nitrogens is 6. The SMILES string of the molecule is Fc1cc(CCCN2CCCC2)cc(-c2nccc3[nH]c(-c4n[nH]c5cnc(-c6ccncc6)cc45)cc23)c1. The van der Waals surface area contributed by atoms with E-state index in [2.05, 4.69) is 47.2 Å². The molecule has 0 unspecified atom stereocenters. The Morgan fingerprint density at radius 1 is 0.821 bits per heavy atom. The van der Waals surface area contributed by atoms with E-state index in [1.54, 1.807) is 36.9 Å². The van der Waals surface area contributed by atoms with Crippen molar-refractivity contribution in [3.63, 3.8) is 0 Å². The highest BCUT2D eigenvalue weighted by Gasteiger charge is 2.16. The van der Waals surface area contributed by atoms with E-state index in [-0.39, 0.29) is 5.82 Å². The molecule has 0 saturated carbocycles. The monoisotopic (exact) mass is 517 g/mol. The van der Waals surface area contributed by atoms with E-state index < -0.39 is 0 Å². The van der Waals surface area contributed by atoms with E-state index in [0.717, 1.165) is 80.7 Å². The first-order valence-corrected chi connectivity index (χ1v) is 13.5. The minimum Gasteiger partial charge on any atom is -0.353 e. The molecule has 0 spiro atoms. The van der Waals surface area contributed by atoms with E-state index in [1.165, 1.54) is 25.9 Å². The summed E-state index contributed by atoms with van der Waals surface area (Å²) in [6.07, 6.45) is 11.5. The topological polar surface area (TPSA) is 86.4 Å².